The van der Waals surface area contributed by atoms with E-state index in [1.54, 1.807) is 33.0 Å². The van der Waals surface area contributed by atoms with Crippen molar-refractivity contribution in [1.29, 1.82) is 0 Å². The highest BCUT2D eigenvalue weighted by Crippen LogP contribution is 2.59. The summed E-state index contributed by atoms with van der Waals surface area (Å²) in [4.78, 5) is 44.5. The van der Waals surface area contributed by atoms with Gasteiger partial charge in [-0.15, -0.1) is 0 Å². The van der Waals surface area contributed by atoms with Crippen molar-refractivity contribution in [2.75, 3.05) is 0 Å². The summed E-state index contributed by atoms with van der Waals surface area (Å²) in [5, 5.41) is 45.4. The van der Waals surface area contributed by atoms with Crippen LogP contribution < -0.4 is 0 Å². The molecule has 1 heterocycles. The fraction of sp³-hybridized carbons (Fsp3) is 0.419. The number of fused-ring (bicyclic) bond motifs is 3. The minimum atomic E-state index is -2.56. The first-order valence-electron chi connectivity index (χ1n) is 13.3. The van der Waals surface area contributed by atoms with Crippen LogP contribution in [0.1, 0.15) is 62.5 Å². The lowest BCUT2D eigenvalue weighted by Crippen LogP contribution is -2.61. The normalized spacial score (nSPS) is 28.4. The molecular weight excluding hydrogens is 498 g/mol. The lowest BCUT2D eigenvalue weighted by atomic mass is 9.51. The number of phenolic OH excluding ortho intramolecular Hbond substituents is 1. The largest absolute Gasteiger partial charge is 0.511 e. The number of aliphatic hydroxyl groups excluding tert-OH is 2. The van der Waals surface area contributed by atoms with E-state index in [1.807, 2.05) is 19.1 Å². The summed E-state index contributed by atoms with van der Waals surface area (Å²) >= 11 is 0. The molecule has 0 bridgehead atoms. The number of hydrogen-bond donors (Lipinski definition) is 4. The summed E-state index contributed by atoms with van der Waals surface area (Å²) in [5.41, 5.74) is -1.38. The second kappa shape index (κ2) is 8.88. The van der Waals surface area contributed by atoms with Gasteiger partial charge in [0.25, 0.3) is 0 Å². The van der Waals surface area contributed by atoms with Crippen LogP contribution in [0, 0.1) is 23.2 Å². The number of aromatic nitrogens is 1. The molecule has 0 aliphatic heterocycles. The maximum Gasteiger partial charge on any atom is 0.209 e. The number of benzene rings is 1. The van der Waals surface area contributed by atoms with Crippen molar-refractivity contribution in [2.24, 2.45) is 23.2 Å². The minimum Gasteiger partial charge on any atom is -0.511 e. The molecular formula is C31H33NO7. The van der Waals surface area contributed by atoms with Crippen LogP contribution in [0.2, 0.25) is 0 Å². The molecule has 39 heavy (non-hydrogen) atoms. The van der Waals surface area contributed by atoms with Crippen LogP contribution in [0.3, 0.4) is 0 Å². The Balaban J connectivity index is 1.77. The highest BCUT2D eigenvalue weighted by Gasteiger charge is 2.65. The van der Waals surface area contributed by atoms with Crippen molar-refractivity contribution in [1.82, 2.24) is 4.98 Å². The summed E-state index contributed by atoms with van der Waals surface area (Å²) in [5.74, 6) is -6.11. The number of phenols is 1. The molecule has 0 saturated carbocycles. The molecule has 5 rings (SSSR count). The Morgan fingerprint density at radius 3 is 2.46 bits per heavy atom. The van der Waals surface area contributed by atoms with Crippen LogP contribution in [-0.4, -0.2) is 48.4 Å². The van der Waals surface area contributed by atoms with Gasteiger partial charge in [-0.1, -0.05) is 27.7 Å². The van der Waals surface area contributed by atoms with Gasteiger partial charge in [0.15, 0.2) is 17.2 Å². The Morgan fingerprint density at radius 2 is 1.85 bits per heavy atom. The van der Waals surface area contributed by atoms with E-state index in [9.17, 15) is 34.8 Å². The number of rotatable bonds is 4. The quantitative estimate of drug-likeness (QED) is 0.420. The van der Waals surface area contributed by atoms with Crippen molar-refractivity contribution < 1.29 is 34.8 Å². The van der Waals surface area contributed by atoms with Gasteiger partial charge in [-0.3, -0.25) is 19.4 Å². The number of allylic oxidation sites excluding steroid dienone is 2. The minimum absolute atomic E-state index is 0.00822. The van der Waals surface area contributed by atoms with E-state index < -0.39 is 57.3 Å². The van der Waals surface area contributed by atoms with Crippen LogP contribution in [0.25, 0.3) is 11.3 Å². The zero-order valence-electron chi connectivity index (χ0n) is 22.7. The molecule has 0 spiro atoms. The summed E-state index contributed by atoms with van der Waals surface area (Å²) in [7, 11) is 0. The van der Waals surface area contributed by atoms with Gasteiger partial charge in [0.1, 0.15) is 22.8 Å². The molecule has 8 heteroatoms. The highest BCUT2D eigenvalue weighted by atomic mass is 16.3. The standard InChI is InChI=1S/C31H33NO7/c1-6-16-9-10-32-20(11-16)17-7-8-21(34)24-18(17)12-30(5)13-19-22(14(2)3)26(35)23(15(4)33)28(37)31(19,39)29(38)25(30)27(24)36/h7-11,14,19,22,34-35,38-39H,6,12-13H2,1-5H3/t19-,22?,30-,31+/m1/s1. The molecule has 0 amide bonds. The molecule has 2 aromatic rings. The summed E-state index contributed by atoms with van der Waals surface area (Å²) in [6.07, 6.45) is 2.78. The molecule has 4 N–H and O–H groups in total. The third-order valence-electron chi connectivity index (χ3n) is 8.88. The Bertz CT molecular complexity index is 1520. The first kappa shape index (κ1) is 26.8. The van der Waals surface area contributed by atoms with Crippen LogP contribution >= 0.6 is 0 Å². The molecule has 1 unspecified atom stereocenters. The second-order valence-corrected chi connectivity index (χ2v) is 11.7. The highest BCUT2D eigenvalue weighted by molar-refractivity contribution is 6.25. The predicted molar refractivity (Wildman–Crippen MR) is 143 cm³/mol. The van der Waals surface area contributed by atoms with Crippen molar-refractivity contribution in [3.8, 4) is 17.0 Å². The molecule has 1 aromatic carbocycles. The first-order chi connectivity index (χ1) is 18.3. The second-order valence-electron chi connectivity index (χ2n) is 11.7. The number of pyridine rings is 1. The number of aromatic hydroxyl groups is 1. The van der Waals surface area contributed by atoms with E-state index in [4.69, 9.17) is 0 Å². The average molecular weight is 532 g/mol. The maximum atomic E-state index is 14.1. The third kappa shape index (κ3) is 3.61. The van der Waals surface area contributed by atoms with Crippen molar-refractivity contribution in [3.05, 3.63) is 69.8 Å². The van der Waals surface area contributed by atoms with Gasteiger partial charge in [0, 0.05) is 34.6 Å². The van der Waals surface area contributed by atoms with E-state index in [1.165, 1.54) is 6.07 Å². The number of aryl methyl sites for hydroxylation is 1. The van der Waals surface area contributed by atoms with Gasteiger partial charge in [-0.2, -0.15) is 0 Å². The number of ketones is 3. The smallest absolute Gasteiger partial charge is 0.209 e. The fourth-order valence-corrected chi connectivity index (χ4v) is 7.05. The Hall–Kier alpha value is -3.78. The molecule has 3 aliphatic rings. The first-order valence-corrected chi connectivity index (χ1v) is 13.3. The van der Waals surface area contributed by atoms with Gasteiger partial charge < -0.3 is 20.4 Å². The van der Waals surface area contributed by atoms with Crippen LogP contribution in [0.5, 0.6) is 5.75 Å². The lowest BCUT2D eigenvalue weighted by molar-refractivity contribution is -0.151. The molecule has 204 valence electrons. The van der Waals surface area contributed by atoms with E-state index in [0.717, 1.165) is 18.9 Å². The Kier molecular flexibility index (Phi) is 6.10. The van der Waals surface area contributed by atoms with Crippen LogP contribution in [-0.2, 0) is 22.4 Å². The SMILES string of the molecule is CCc1ccnc(-c2ccc(O)c3c2C[C@]2(C)C[C@@H]4C(C(C)C)C(O)=C(C(C)=O)C(=O)[C@]4(O)C(O)=C2C3=O)c1. The number of hydrogen-bond acceptors (Lipinski definition) is 8. The fourth-order valence-electron chi connectivity index (χ4n) is 7.05. The number of aliphatic hydroxyl groups is 3. The monoisotopic (exact) mass is 531 g/mol. The summed E-state index contributed by atoms with van der Waals surface area (Å²) in [6, 6.07) is 6.96. The van der Waals surface area contributed by atoms with Crippen molar-refractivity contribution in [3.63, 3.8) is 0 Å². The molecule has 1 aromatic heterocycles. The molecule has 3 aliphatic carbocycles. The van der Waals surface area contributed by atoms with Gasteiger partial charge in [-0.25, -0.2) is 0 Å². The molecule has 4 atom stereocenters. The number of Topliss-reactive ketones (excluding diaryl/α,β-unsaturated/α-hetero) is 3. The summed E-state index contributed by atoms with van der Waals surface area (Å²) < 4.78 is 0. The molecule has 0 fully saturated rings. The number of carbonyl (C=O) groups is 3. The molecule has 0 radical (unpaired) electrons. The topological polar surface area (TPSA) is 145 Å². The van der Waals surface area contributed by atoms with Gasteiger partial charge >= 0.3 is 0 Å². The van der Waals surface area contributed by atoms with Crippen LogP contribution in [0.15, 0.2) is 53.1 Å². The van der Waals surface area contributed by atoms with E-state index in [-0.39, 0.29) is 35.6 Å². The van der Waals surface area contributed by atoms with E-state index in [0.29, 0.717) is 16.8 Å². The number of nitrogens with zero attached hydrogens (tertiary/aromatic N) is 1. The van der Waals surface area contributed by atoms with E-state index in [2.05, 4.69) is 4.98 Å². The average Bonchev–Trinajstić information content (AvgIpc) is 2.86. The Labute approximate surface area is 226 Å². The number of carbonyl (C=O) groups excluding carboxylic acids is 3. The van der Waals surface area contributed by atoms with Gasteiger partial charge in [0.05, 0.1) is 11.3 Å². The molecule has 0 saturated heterocycles. The van der Waals surface area contributed by atoms with Crippen LogP contribution in [0.4, 0.5) is 0 Å². The van der Waals surface area contributed by atoms with Crippen molar-refractivity contribution in [2.45, 2.75) is 59.5 Å². The van der Waals surface area contributed by atoms with E-state index >= 15 is 0 Å². The molecule has 8 nitrogen and oxygen atoms in total. The lowest BCUT2D eigenvalue weighted by Gasteiger charge is -2.53. The Morgan fingerprint density at radius 1 is 1.15 bits per heavy atom. The zero-order chi connectivity index (χ0) is 28.6. The predicted octanol–water partition coefficient (Wildman–Crippen LogP) is 4.58. The van der Waals surface area contributed by atoms with Gasteiger partial charge in [-0.05, 0) is 67.5 Å². The van der Waals surface area contributed by atoms with Gasteiger partial charge in [0.2, 0.25) is 5.78 Å². The maximum absolute atomic E-state index is 14.1. The third-order valence-corrected chi connectivity index (χ3v) is 8.88. The van der Waals surface area contributed by atoms with Crippen molar-refractivity contribution >= 4 is 17.3 Å². The summed E-state index contributed by atoms with van der Waals surface area (Å²) in [6.45, 7) is 8.53. The zero-order valence-corrected chi connectivity index (χ0v) is 22.7.